The van der Waals surface area contributed by atoms with E-state index in [-0.39, 0.29) is 5.92 Å². The molecule has 0 aliphatic carbocycles. The lowest BCUT2D eigenvalue weighted by molar-refractivity contribution is 0.330. The summed E-state index contributed by atoms with van der Waals surface area (Å²) in [5.74, 6) is 2.63. The van der Waals surface area contributed by atoms with E-state index >= 15 is 0 Å². The summed E-state index contributed by atoms with van der Waals surface area (Å²) in [4.78, 5) is 4.48. The smallest absolute Gasteiger partial charge is 0.231 e. The van der Waals surface area contributed by atoms with Crippen LogP contribution in [0.2, 0.25) is 0 Å². The lowest BCUT2D eigenvalue weighted by Gasteiger charge is -2.16. The summed E-state index contributed by atoms with van der Waals surface area (Å²) in [5.41, 5.74) is 0. The Kier molecular flexibility index (Phi) is 6.71. The quantitative estimate of drug-likeness (QED) is 0.787. The summed E-state index contributed by atoms with van der Waals surface area (Å²) in [5, 5.41) is 8.07. The zero-order valence-electron chi connectivity index (χ0n) is 12.1. The van der Waals surface area contributed by atoms with Gasteiger partial charge in [0.25, 0.3) is 0 Å². The number of nitrogens with zero attached hydrogens (tertiary/aromatic N) is 2. The highest BCUT2D eigenvalue weighted by Gasteiger charge is 2.20. The number of nitrogens with one attached hydrogen (secondary N) is 1. The molecule has 3 atom stereocenters. The molecule has 0 fully saturated rings. The van der Waals surface area contributed by atoms with Crippen molar-refractivity contribution in [2.45, 2.75) is 64.0 Å². The zero-order chi connectivity index (χ0) is 13.5. The van der Waals surface area contributed by atoms with Crippen LogP contribution in [0.5, 0.6) is 0 Å². The van der Waals surface area contributed by atoms with Gasteiger partial charge in [0.1, 0.15) is 0 Å². The van der Waals surface area contributed by atoms with E-state index in [4.69, 9.17) is 4.52 Å². The molecular formula is C13H25N3OS. The number of rotatable bonds is 8. The minimum absolute atomic E-state index is 0.250. The van der Waals surface area contributed by atoms with Gasteiger partial charge < -0.3 is 9.84 Å². The molecule has 3 unspecified atom stereocenters. The maximum Gasteiger partial charge on any atom is 0.231 e. The molecular weight excluding hydrogens is 246 g/mol. The van der Waals surface area contributed by atoms with Gasteiger partial charge in [-0.15, -0.1) is 0 Å². The van der Waals surface area contributed by atoms with Crippen molar-refractivity contribution in [2.75, 3.05) is 6.54 Å². The van der Waals surface area contributed by atoms with Gasteiger partial charge in [-0.25, -0.2) is 0 Å². The van der Waals surface area contributed by atoms with Crippen LogP contribution in [0.1, 0.15) is 58.7 Å². The molecule has 4 nitrogen and oxygen atoms in total. The van der Waals surface area contributed by atoms with E-state index in [0.29, 0.717) is 11.3 Å². The Balaban J connectivity index is 2.51. The van der Waals surface area contributed by atoms with Crippen molar-refractivity contribution < 1.29 is 4.52 Å². The van der Waals surface area contributed by atoms with Crippen LogP contribution < -0.4 is 5.32 Å². The Hall–Kier alpha value is -0.550. The first kappa shape index (κ1) is 15.5. The summed E-state index contributed by atoms with van der Waals surface area (Å²) in [6.45, 7) is 11.7. The minimum Gasteiger partial charge on any atom is -0.339 e. The fourth-order valence-electron chi connectivity index (χ4n) is 1.56. The number of aromatic nitrogens is 2. The molecule has 0 aliphatic rings. The molecule has 1 aromatic rings. The van der Waals surface area contributed by atoms with E-state index < -0.39 is 0 Å². The van der Waals surface area contributed by atoms with Crippen LogP contribution in [0.15, 0.2) is 4.52 Å². The third kappa shape index (κ3) is 4.61. The molecule has 18 heavy (non-hydrogen) atoms. The number of thioether (sulfide) groups is 1. The van der Waals surface area contributed by atoms with Crippen LogP contribution in [0.4, 0.5) is 0 Å². The van der Waals surface area contributed by atoms with Crippen molar-refractivity contribution in [1.29, 1.82) is 0 Å². The molecule has 104 valence electrons. The third-order valence-corrected chi connectivity index (χ3v) is 4.55. The van der Waals surface area contributed by atoms with Gasteiger partial charge in [0.05, 0.1) is 11.7 Å². The minimum atomic E-state index is 0.250. The molecule has 0 saturated carbocycles. The highest BCUT2D eigenvalue weighted by molar-refractivity contribution is 7.99. The topological polar surface area (TPSA) is 51.0 Å². The molecule has 1 N–H and O–H groups in total. The molecule has 1 aromatic heterocycles. The standard InChI is InChI=1S/C13H25N3OS/c1-6-9(3)18-8-12-15-13(17-16-12)10(4)11(5)14-7-2/h9-11,14H,6-8H2,1-5H3. The van der Waals surface area contributed by atoms with Gasteiger partial charge in [0.15, 0.2) is 5.82 Å². The van der Waals surface area contributed by atoms with Gasteiger partial charge >= 0.3 is 0 Å². The summed E-state index contributed by atoms with van der Waals surface area (Å²) >= 11 is 1.87. The SMILES string of the molecule is CCNC(C)C(C)c1nc(CSC(C)CC)no1. The van der Waals surface area contributed by atoms with Crippen LogP contribution in [0, 0.1) is 0 Å². The van der Waals surface area contributed by atoms with Gasteiger partial charge in [0, 0.05) is 11.3 Å². The van der Waals surface area contributed by atoms with Crippen molar-refractivity contribution in [3.63, 3.8) is 0 Å². The highest BCUT2D eigenvalue weighted by Crippen LogP contribution is 2.21. The Morgan fingerprint density at radius 2 is 2.00 bits per heavy atom. The Labute approximate surface area is 114 Å². The molecule has 0 aliphatic heterocycles. The molecule has 5 heteroatoms. The van der Waals surface area contributed by atoms with Crippen LogP contribution in [0.25, 0.3) is 0 Å². The van der Waals surface area contributed by atoms with Crippen molar-refractivity contribution >= 4 is 11.8 Å². The van der Waals surface area contributed by atoms with Gasteiger partial charge in [0.2, 0.25) is 5.89 Å². The first-order valence-electron chi connectivity index (χ1n) is 6.75. The maximum atomic E-state index is 5.35. The molecule has 0 radical (unpaired) electrons. The van der Waals surface area contributed by atoms with Gasteiger partial charge in [-0.05, 0) is 19.9 Å². The van der Waals surface area contributed by atoms with Gasteiger partial charge in [-0.2, -0.15) is 16.7 Å². The van der Waals surface area contributed by atoms with E-state index in [9.17, 15) is 0 Å². The summed E-state index contributed by atoms with van der Waals surface area (Å²) in [7, 11) is 0. The second-order valence-electron chi connectivity index (χ2n) is 4.71. The molecule has 0 spiro atoms. The van der Waals surface area contributed by atoms with Gasteiger partial charge in [-0.3, -0.25) is 0 Å². The van der Waals surface area contributed by atoms with Crippen LogP contribution in [-0.4, -0.2) is 28.0 Å². The fourth-order valence-corrected chi connectivity index (χ4v) is 2.34. The monoisotopic (exact) mass is 271 g/mol. The highest BCUT2D eigenvalue weighted by atomic mass is 32.2. The predicted octanol–water partition coefficient (Wildman–Crippen LogP) is 3.20. The second-order valence-corrected chi connectivity index (χ2v) is 6.14. The maximum absolute atomic E-state index is 5.35. The van der Waals surface area contributed by atoms with Crippen molar-refractivity contribution in [3.05, 3.63) is 11.7 Å². The average Bonchev–Trinajstić information content (AvgIpc) is 2.84. The van der Waals surface area contributed by atoms with Crippen LogP contribution in [0.3, 0.4) is 0 Å². The predicted molar refractivity (Wildman–Crippen MR) is 76.9 cm³/mol. The third-order valence-electron chi connectivity index (χ3n) is 3.22. The molecule has 0 amide bonds. The van der Waals surface area contributed by atoms with Crippen LogP contribution >= 0.6 is 11.8 Å². The molecule has 0 saturated heterocycles. The van der Waals surface area contributed by atoms with Gasteiger partial charge in [-0.1, -0.05) is 32.9 Å². The molecule has 0 aromatic carbocycles. The lowest BCUT2D eigenvalue weighted by atomic mass is 10.0. The van der Waals surface area contributed by atoms with Crippen molar-refractivity contribution in [3.8, 4) is 0 Å². The zero-order valence-corrected chi connectivity index (χ0v) is 12.9. The largest absolute Gasteiger partial charge is 0.339 e. The summed E-state index contributed by atoms with van der Waals surface area (Å²) < 4.78 is 5.35. The van der Waals surface area contributed by atoms with E-state index in [1.165, 1.54) is 6.42 Å². The number of likely N-dealkylation sites (N-methyl/N-ethyl adjacent to an activating group) is 1. The second kappa shape index (κ2) is 7.79. The first-order chi connectivity index (χ1) is 8.58. The summed E-state index contributed by atoms with van der Waals surface area (Å²) in [6, 6.07) is 0.352. The Morgan fingerprint density at radius 3 is 2.61 bits per heavy atom. The Morgan fingerprint density at radius 1 is 1.28 bits per heavy atom. The molecule has 0 bridgehead atoms. The molecule has 1 rings (SSSR count). The van der Waals surface area contributed by atoms with E-state index in [1.54, 1.807) is 0 Å². The normalized spacial score (nSPS) is 16.5. The lowest BCUT2D eigenvalue weighted by Crippen LogP contribution is -2.30. The van der Waals surface area contributed by atoms with E-state index in [0.717, 1.165) is 24.0 Å². The van der Waals surface area contributed by atoms with Crippen LogP contribution in [-0.2, 0) is 5.75 Å². The van der Waals surface area contributed by atoms with E-state index in [2.05, 4.69) is 50.1 Å². The average molecular weight is 271 g/mol. The fraction of sp³-hybridized carbons (Fsp3) is 0.846. The van der Waals surface area contributed by atoms with E-state index in [1.807, 2.05) is 11.8 Å². The summed E-state index contributed by atoms with van der Waals surface area (Å²) in [6.07, 6.45) is 1.17. The van der Waals surface area contributed by atoms with Crippen molar-refractivity contribution in [1.82, 2.24) is 15.5 Å². The number of hydrogen-bond donors (Lipinski definition) is 1. The first-order valence-corrected chi connectivity index (χ1v) is 7.80. The molecule has 1 heterocycles. The van der Waals surface area contributed by atoms with Crippen molar-refractivity contribution in [2.24, 2.45) is 0 Å². The Bertz CT molecular complexity index is 343. The number of hydrogen-bond acceptors (Lipinski definition) is 5.